The van der Waals surface area contributed by atoms with Crippen molar-refractivity contribution in [3.05, 3.63) is 29.3 Å². The summed E-state index contributed by atoms with van der Waals surface area (Å²) in [6.45, 7) is 0. The maximum absolute atomic E-state index is 10.6. The first-order valence-electron chi connectivity index (χ1n) is 4.95. The van der Waals surface area contributed by atoms with Crippen LogP contribution in [0.1, 0.15) is 17.5 Å². The van der Waals surface area contributed by atoms with Crippen LogP contribution >= 0.6 is 0 Å². The highest BCUT2D eigenvalue weighted by Crippen LogP contribution is 2.27. The maximum Gasteiger partial charge on any atom is 0.409 e. The first-order chi connectivity index (χ1) is 7.16. The Morgan fingerprint density at radius 3 is 3.00 bits per heavy atom. The van der Waals surface area contributed by atoms with Crippen LogP contribution < -0.4 is 5.32 Å². The van der Waals surface area contributed by atoms with Crippen LogP contribution in [0, 0.1) is 0 Å². The molecule has 1 aliphatic carbocycles. The third-order valence-corrected chi connectivity index (χ3v) is 2.70. The monoisotopic (exact) mass is 207 g/mol. The smallest absolute Gasteiger partial charge is 0.409 e. The summed E-state index contributed by atoms with van der Waals surface area (Å²) in [6.07, 6.45) is 0.679. The zero-order valence-electron chi connectivity index (χ0n) is 8.23. The summed E-state index contributed by atoms with van der Waals surface area (Å²) >= 11 is 0. The van der Waals surface area contributed by atoms with Gasteiger partial charge in [-0.3, -0.25) is 5.32 Å². The number of aryl methyl sites for hydroxylation is 1. The van der Waals surface area contributed by atoms with Crippen molar-refractivity contribution < 1.29 is 15.0 Å². The van der Waals surface area contributed by atoms with E-state index in [1.165, 1.54) is 0 Å². The van der Waals surface area contributed by atoms with E-state index in [0.29, 0.717) is 12.1 Å². The molecule has 0 unspecified atom stereocenters. The molecule has 0 spiro atoms. The van der Waals surface area contributed by atoms with Gasteiger partial charge in [0.15, 0.2) is 0 Å². The highest BCUT2D eigenvalue weighted by atomic mass is 16.4. The molecule has 1 aliphatic rings. The van der Waals surface area contributed by atoms with Crippen molar-refractivity contribution in [2.45, 2.75) is 25.4 Å². The molecule has 3 N–H and O–H groups in total. The second-order valence-electron chi connectivity index (χ2n) is 3.77. The fourth-order valence-electron chi connectivity index (χ4n) is 2.00. The number of amides is 1. The second-order valence-corrected chi connectivity index (χ2v) is 3.77. The Balaban J connectivity index is 2.35. The molecule has 0 aromatic heterocycles. The second kappa shape index (κ2) is 3.90. The topological polar surface area (TPSA) is 69.6 Å². The molecule has 0 aliphatic heterocycles. The van der Waals surface area contributed by atoms with Crippen LogP contribution in [0.4, 0.5) is 10.5 Å². The zero-order valence-corrected chi connectivity index (χ0v) is 8.23. The van der Waals surface area contributed by atoms with E-state index in [1.54, 1.807) is 6.07 Å². The van der Waals surface area contributed by atoms with Crippen molar-refractivity contribution in [3.8, 4) is 0 Å². The van der Waals surface area contributed by atoms with Gasteiger partial charge in [0.2, 0.25) is 0 Å². The fourth-order valence-corrected chi connectivity index (χ4v) is 2.00. The average molecular weight is 207 g/mol. The van der Waals surface area contributed by atoms with Crippen LogP contribution in [0.3, 0.4) is 0 Å². The molecule has 2 rings (SSSR count). The van der Waals surface area contributed by atoms with Gasteiger partial charge in [-0.2, -0.15) is 0 Å². The summed E-state index contributed by atoms with van der Waals surface area (Å²) in [5, 5.41) is 20.6. The van der Waals surface area contributed by atoms with Crippen molar-refractivity contribution in [2.24, 2.45) is 0 Å². The van der Waals surface area contributed by atoms with Crippen LogP contribution in [0.2, 0.25) is 0 Å². The van der Waals surface area contributed by atoms with Crippen molar-refractivity contribution in [2.75, 3.05) is 5.32 Å². The minimum absolute atomic E-state index is 0.353. The van der Waals surface area contributed by atoms with Gasteiger partial charge in [-0.25, -0.2) is 4.79 Å². The van der Waals surface area contributed by atoms with Gasteiger partial charge in [-0.1, -0.05) is 12.1 Å². The summed E-state index contributed by atoms with van der Waals surface area (Å²) in [4.78, 5) is 10.6. The molecule has 0 bridgehead atoms. The number of hydrogen-bond acceptors (Lipinski definition) is 2. The molecule has 0 saturated heterocycles. The summed E-state index contributed by atoms with van der Waals surface area (Å²) in [6, 6.07) is 5.54. The molecule has 1 aromatic rings. The quantitative estimate of drug-likeness (QED) is 0.655. The number of hydrogen-bond donors (Lipinski definition) is 3. The van der Waals surface area contributed by atoms with Crippen molar-refractivity contribution >= 4 is 11.8 Å². The minimum atomic E-state index is -1.07. The number of carboxylic acid groups (broad SMARTS) is 1. The van der Waals surface area contributed by atoms with Crippen molar-refractivity contribution in [3.63, 3.8) is 0 Å². The van der Waals surface area contributed by atoms with Gasteiger partial charge < -0.3 is 10.2 Å². The van der Waals surface area contributed by atoms with Gasteiger partial charge in [0.25, 0.3) is 0 Å². The normalized spacial score (nSPS) is 19.4. The van der Waals surface area contributed by atoms with Crippen LogP contribution in [0.5, 0.6) is 0 Å². The number of fused-ring (bicyclic) bond motifs is 1. The Morgan fingerprint density at radius 2 is 2.27 bits per heavy atom. The predicted molar refractivity (Wildman–Crippen MR) is 56.1 cm³/mol. The van der Waals surface area contributed by atoms with E-state index in [0.717, 1.165) is 24.0 Å². The van der Waals surface area contributed by atoms with Crippen LogP contribution in [-0.2, 0) is 12.8 Å². The molecule has 0 fully saturated rings. The van der Waals surface area contributed by atoms with Crippen molar-refractivity contribution in [1.29, 1.82) is 0 Å². The summed E-state index contributed by atoms with van der Waals surface area (Å²) < 4.78 is 0. The number of aliphatic hydroxyl groups is 1. The lowest BCUT2D eigenvalue weighted by Crippen LogP contribution is -2.21. The van der Waals surface area contributed by atoms with E-state index in [1.807, 2.05) is 12.1 Å². The predicted octanol–water partition coefficient (Wildman–Crippen LogP) is 1.63. The molecule has 0 saturated carbocycles. The molecule has 4 nitrogen and oxygen atoms in total. The van der Waals surface area contributed by atoms with Gasteiger partial charge >= 0.3 is 6.09 Å². The van der Waals surface area contributed by atoms with Crippen LogP contribution in [-0.4, -0.2) is 22.4 Å². The number of aliphatic hydroxyl groups excluding tert-OH is 1. The van der Waals surface area contributed by atoms with E-state index < -0.39 is 6.09 Å². The largest absolute Gasteiger partial charge is 0.465 e. The van der Waals surface area contributed by atoms with Crippen LogP contribution in [0.25, 0.3) is 0 Å². The van der Waals surface area contributed by atoms with E-state index in [9.17, 15) is 9.90 Å². The highest BCUT2D eigenvalue weighted by Gasteiger charge is 2.19. The lowest BCUT2D eigenvalue weighted by Gasteiger charge is -2.22. The van der Waals surface area contributed by atoms with E-state index in [-0.39, 0.29) is 6.10 Å². The van der Waals surface area contributed by atoms with E-state index >= 15 is 0 Å². The lowest BCUT2D eigenvalue weighted by molar-refractivity contribution is 0.158. The molecular formula is C11H13NO3. The number of nitrogens with one attached hydrogen (secondary N) is 1. The first-order valence-corrected chi connectivity index (χ1v) is 4.95. The van der Waals surface area contributed by atoms with Gasteiger partial charge in [0.05, 0.1) is 6.10 Å². The molecule has 1 amide bonds. The van der Waals surface area contributed by atoms with E-state index in [2.05, 4.69) is 5.32 Å². The molecule has 1 atom stereocenters. The van der Waals surface area contributed by atoms with Gasteiger partial charge in [0.1, 0.15) is 0 Å². The first kappa shape index (κ1) is 9.98. The molecule has 1 aromatic carbocycles. The number of anilines is 1. The zero-order chi connectivity index (χ0) is 10.8. The summed E-state index contributed by atoms with van der Waals surface area (Å²) in [5.41, 5.74) is 2.66. The minimum Gasteiger partial charge on any atom is -0.465 e. The third kappa shape index (κ3) is 2.10. The molecular weight excluding hydrogens is 194 g/mol. The SMILES string of the molecule is O=C(O)Nc1cccc2c1C[C@H](O)CC2. The highest BCUT2D eigenvalue weighted by molar-refractivity contribution is 5.84. The summed E-state index contributed by atoms with van der Waals surface area (Å²) in [7, 11) is 0. The Labute approximate surface area is 87.6 Å². The number of rotatable bonds is 1. The number of benzene rings is 1. The third-order valence-electron chi connectivity index (χ3n) is 2.70. The Hall–Kier alpha value is -1.55. The molecule has 80 valence electrons. The van der Waals surface area contributed by atoms with Gasteiger partial charge in [-0.05, 0) is 30.0 Å². The van der Waals surface area contributed by atoms with Crippen LogP contribution in [0.15, 0.2) is 18.2 Å². The van der Waals surface area contributed by atoms with Gasteiger partial charge in [-0.15, -0.1) is 0 Å². The molecule has 0 heterocycles. The Morgan fingerprint density at radius 1 is 1.47 bits per heavy atom. The number of carbonyl (C=O) groups is 1. The molecule has 0 radical (unpaired) electrons. The lowest BCUT2D eigenvalue weighted by atomic mass is 9.88. The molecule has 4 heteroatoms. The Kier molecular flexibility index (Phi) is 2.60. The Bertz CT molecular complexity index is 389. The van der Waals surface area contributed by atoms with E-state index in [4.69, 9.17) is 5.11 Å². The fraction of sp³-hybridized carbons (Fsp3) is 0.364. The standard InChI is InChI=1S/C11H13NO3/c13-8-5-4-7-2-1-3-10(9(7)6-8)12-11(14)15/h1-3,8,12-13H,4-6H2,(H,14,15)/t8-/m1/s1. The maximum atomic E-state index is 10.6. The van der Waals surface area contributed by atoms with Gasteiger partial charge in [0, 0.05) is 12.1 Å². The average Bonchev–Trinajstić information content (AvgIpc) is 2.18. The van der Waals surface area contributed by atoms with Crippen molar-refractivity contribution in [1.82, 2.24) is 0 Å². The molecule has 15 heavy (non-hydrogen) atoms. The summed E-state index contributed by atoms with van der Waals surface area (Å²) in [5.74, 6) is 0.